The Bertz CT molecular complexity index is 958. The topological polar surface area (TPSA) is 94.2 Å². The molecular weight excluding hydrogens is 388 g/mol. The van der Waals surface area contributed by atoms with Crippen LogP contribution in [0.25, 0.3) is 0 Å². The Labute approximate surface area is 174 Å². The van der Waals surface area contributed by atoms with Gasteiger partial charge < -0.3 is 24.4 Å². The number of amides is 2. The van der Waals surface area contributed by atoms with Gasteiger partial charge >= 0.3 is 5.97 Å². The number of nitrogens with zero attached hydrogens (tertiary/aromatic N) is 1. The van der Waals surface area contributed by atoms with Crippen molar-refractivity contribution in [2.45, 2.75) is 13.3 Å². The van der Waals surface area contributed by atoms with E-state index in [1.807, 2.05) is 25.1 Å². The Hall–Kier alpha value is -3.55. The van der Waals surface area contributed by atoms with E-state index in [1.54, 1.807) is 24.3 Å². The fourth-order valence-electron chi connectivity index (χ4n) is 3.28. The molecule has 2 aromatic carbocycles. The Kier molecular flexibility index (Phi) is 6.56. The molecule has 0 aliphatic carbocycles. The van der Waals surface area contributed by atoms with Crippen molar-refractivity contribution in [1.82, 2.24) is 0 Å². The van der Waals surface area contributed by atoms with Crippen LogP contribution in [0.15, 0.2) is 42.5 Å². The molecule has 1 atom stereocenters. The molecule has 0 spiro atoms. The van der Waals surface area contributed by atoms with Crippen LogP contribution in [0.2, 0.25) is 0 Å². The number of hydrogen-bond acceptors (Lipinski definition) is 6. The predicted octanol–water partition coefficient (Wildman–Crippen LogP) is 2.55. The summed E-state index contributed by atoms with van der Waals surface area (Å²) in [6.07, 6.45) is -0.00129. The van der Waals surface area contributed by atoms with E-state index in [1.165, 1.54) is 19.1 Å². The van der Waals surface area contributed by atoms with Gasteiger partial charge in [0.1, 0.15) is 11.5 Å². The number of anilines is 2. The van der Waals surface area contributed by atoms with Crippen molar-refractivity contribution in [3.05, 3.63) is 48.0 Å². The van der Waals surface area contributed by atoms with E-state index in [4.69, 9.17) is 14.2 Å². The van der Waals surface area contributed by atoms with Gasteiger partial charge in [-0.1, -0.05) is 12.1 Å². The van der Waals surface area contributed by atoms with Crippen LogP contribution < -0.4 is 19.7 Å². The van der Waals surface area contributed by atoms with E-state index in [9.17, 15) is 14.4 Å². The lowest BCUT2D eigenvalue weighted by atomic mass is 10.1. The summed E-state index contributed by atoms with van der Waals surface area (Å²) in [6, 6.07) is 12.4. The highest BCUT2D eigenvalue weighted by Gasteiger charge is 2.37. The molecule has 158 valence electrons. The maximum atomic E-state index is 12.5. The van der Waals surface area contributed by atoms with E-state index in [2.05, 4.69) is 5.32 Å². The number of nitrogens with one attached hydrogen (secondary N) is 1. The molecule has 0 aromatic heterocycles. The Balaban J connectivity index is 1.59. The molecule has 1 heterocycles. The van der Waals surface area contributed by atoms with Crippen molar-refractivity contribution >= 4 is 29.2 Å². The van der Waals surface area contributed by atoms with Gasteiger partial charge in [0.15, 0.2) is 6.61 Å². The molecule has 2 amide bonds. The molecule has 1 N–H and O–H groups in total. The van der Waals surface area contributed by atoms with E-state index >= 15 is 0 Å². The highest BCUT2D eigenvalue weighted by atomic mass is 16.5. The summed E-state index contributed by atoms with van der Waals surface area (Å²) in [4.78, 5) is 38.5. The molecule has 1 fully saturated rings. The maximum absolute atomic E-state index is 12.5. The van der Waals surface area contributed by atoms with Gasteiger partial charge in [0, 0.05) is 24.7 Å². The Morgan fingerprint density at radius 3 is 2.63 bits per heavy atom. The van der Waals surface area contributed by atoms with E-state index in [0.29, 0.717) is 22.9 Å². The van der Waals surface area contributed by atoms with Crippen LogP contribution >= 0.6 is 0 Å². The summed E-state index contributed by atoms with van der Waals surface area (Å²) in [5, 5.41) is 2.68. The minimum Gasteiger partial charge on any atom is -0.497 e. The van der Waals surface area contributed by atoms with Crippen molar-refractivity contribution in [3.63, 3.8) is 0 Å². The molecule has 0 unspecified atom stereocenters. The lowest BCUT2D eigenvalue weighted by Gasteiger charge is -2.20. The van der Waals surface area contributed by atoms with Gasteiger partial charge in [0.05, 0.1) is 25.8 Å². The van der Waals surface area contributed by atoms with Crippen LogP contribution in [0.4, 0.5) is 11.4 Å². The van der Waals surface area contributed by atoms with Crippen LogP contribution in [0.1, 0.15) is 12.0 Å². The van der Waals surface area contributed by atoms with Crippen LogP contribution in [0.3, 0.4) is 0 Å². The molecule has 30 heavy (non-hydrogen) atoms. The second-order valence-electron chi connectivity index (χ2n) is 6.97. The van der Waals surface area contributed by atoms with E-state index in [-0.39, 0.29) is 18.9 Å². The van der Waals surface area contributed by atoms with Gasteiger partial charge in [-0.3, -0.25) is 14.4 Å². The molecule has 1 aliphatic rings. The number of benzene rings is 2. The average Bonchev–Trinajstić information content (AvgIpc) is 3.13. The minimum absolute atomic E-state index is 0.00129. The molecular formula is C22H24N2O6. The van der Waals surface area contributed by atoms with Gasteiger partial charge in [-0.15, -0.1) is 0 Å². The van der Waals surface area contributed by atoms with Gasteiger partial charge in [-0.25, -0.2) is 0 Å². The Morgan fingerprint density at radius 2 is 1.93 bits per heavy atom. The zero-order chi connectivity index (χ0) is 21.7. The number of carbonyl (C=O) groups is 3. The molecule has 1 aliphatic heterocycles. The van der Waals surface area contributed by atoms with Crippen molar-refractivity contribution in [1.29, 1.82) is 0 Å². The van der Waals surface area contributed by atoms with E-state index in [0.717, 1.165) is 5.56 Å². The molecule has 0 saturated carbocycles. The second kappa shape index (κ2) is 9.30. The molecule has 8 heteroatoms. The second-order valence-corrected chi connectivity index (χ2v) is 6.97. The molecule has 0 radical (unpaired) electrons. The molecule has 8 nitrogen and oxygen atoms in total. The Morgan fingerprint density at radius 1 is 1.13 bits per heavy atom. The summed E-state index contributed by atoms with van der Waals surface area (Å²) in [7, 11) is 3.03. The first-order valence-corrected chi connectivity index (χ1v) is 9.47. The summed E-state index contributed by atoms with van der Waals surface area (Å²) < 4.78 is 15.7. The van der Waals surface area contributed by atoms with Crippen LogP contribution in [0, 0.1) is 12.8 Å². The number of hydrogen-bond donors (Lipinski definition) is 1. The number of rotatable bonds is 7. The third-order valence-electron chi connectivity index (χ3n) is 4.78. The molecule has 0 bridgehead atoms. The van der Waals surface area contributed by atoms with Crippen LogP contribution in [-0.2, 0) is 19.1 Å². The van der Waals surface area contributed by atoms with Gasteiger partial charge in [-0.05, 0) is 36.8 Å². The summed E-state index contributed by atoms with van der Waals surface area (Å²) in [5.41, 5.74) is 2.15. The third-order valence-corrected chi connectivity index (χ3v) is 4.78. The lowest BCUT2D eigenvalue weighted by Crippen LogP contribution is -2.28. The predicted molar refractivity (Wildman–Crippen MR) is 111 cm³/mol. The summed E-state index contributed by atoms with van der Waals surface area (Å²) in [5.74, 6) is -0.863. The number of aryl methyl sites for hydroxylation is 1. The molecule has 2 aromatic rings. The molecule has 3 rings (SSSR count). The highest BCUT2D eigenvalue weighted by Crippen LogP contribution is 2.36. The largest absolute Gasteiger partial charge is 0.497 e. The van der Waals surface area contributed by atoms with Crippen molar-refractivity contribution in [2.75, 3.05) is 37.6 Å². The maximum Gasteiger partial charge on any atom is 0.311 e. The van der Waals surface area contributed by atoms with Crippen molar-refractivity contribution in [2.24, 2.45) is 5.92 Å². The fraction of sp³-hybridized carbons (Fsp3) is 0.318. The number of carbonyl (C=O) groups excluding carboxylic acids is 3. The van der Waals surface area contributed by atoms with Gasteiger partial charge in [0.25, 0.3) is 5.91 Å². The highest BCUT2D eigenvalue weighted by molar-refractivity contribution is 6.01. The summed E-state index contributed by atoms with van der Waals surface area (Å²) >= 11 is 0. The summed E-state index contributed by atoms with van der Waals surface area (Å²) in [6.45, 7) is 1.64. The molecule has 1 saturated heterocycles. The first-order chi connectivity index (χ1) is 14.4. The van der Waals surface area contributed by atoms with Gasteiger partial charge in [0.2, 0.25) is 5.91 Å². The lowest BCUT2D eigenvalue weighted by molar-refractivity contribution is -0.151. The zero-order valence-electron chi connectivity index (χ0n) is 17.1. The number of ether oxygens (including phenoxy) is 3. The third kappa shape index (κ3) is 4.89. The SMILES string of the molecule is COc1ccc(OC)c(N2C[C@@H](C(=O)OCC(=O)Nc3cccc(C)c3)CC2=O)c1. The average molecular weight is 412 g/mol. The number of methoxy groups -OCH3 is 2. The zero-order valence-corrected chi connectivity index (χ0v) is 17.1. The van der Waals surface area contributed by atoms with Crippen molar-refractivity contribution in [3.8, 4) is 11.5 Å². The standard InChI is InChI=1S/C22H24N2O6/c1-14-5-4-6-16(9-14)23-20(25)13-30-22(27)15-10-21(26)24(12-15)18-11-17(28-2)7-8-19(18)29-3/h4-9,11,15H,10,12-13H2,1-3H3,(H,23,25)/t15-/m0/s1. The minimum atomic E-state index is -0.667. The van der Waals surface area contributed by atoms with Crippen LogP contribution in [-0.4, -0.2) is 45.2 Å². The van der Waals surface area contributed by atoms with E-state index < -0.39 is 24.4 Å². The normalized spacial score (nSPS) is 15.6. The number of esters is 1. The first kappa shape index (κ1) is 21.2. The monoisotopic (exact) mass is 412 g/mol. The van der Waals surface area contributed by atoms with Crippen LogP contribution in [0.5, 0.6) is 11.5 Å². The van der Waals surface area contributed by atoms with Gasteiger partial charge in [-0.2, -0.15) is 0 Å². The quantitative estimate of drug-likeness (QED) is 0.703. The smallest absolute Gasteiger partial charge is 0.311 e. The van der Waals surface area contributed by atoms with Crippen molar-refractivity contribution < 1.29 is 28.6 Å². The fourth-order valence-corrected chi connectivity index (χ4v) is 3.28. The first-order valence-electron chi connectivity index (χ1n) is 9.47.